The van der Waals surface area contributed by atoms with Gasteiger partial charge in [-0.2, -0.15) is 0 Å². The van der Waals surface area contributed by atoms with E-state index in [1.54, 1.807) is 0 Å². The molecular weight excluding hydrogens is 527 g/mol. The molecule has 0 bridgehead atoms. The Labute approximate surface area is 232 Å². The van der Waals surface area contributed by atoms with E-state index in [0.717, 1.165) is 40.7 Å². The molecule has 2 aliphatic rings. The molecule has 0 fully saturated rings. The molecule has 3 heteroatoms. The number of benzene rings is 4. The maximum atomic E-state index is 12.1. The molecule has 0 unspecified atom stereocenters. The third kappa shape index (κ3) is 4.54. The number of aliphatic hydroxyl groups excluding tert-OH is 1. The van der Waals surface area contributed by atoms with Crippen molar-refractivity contribution < 1.29 is 43.7 Å². The number of halogens is 1. The third-order valence-corrected chi connectivity index (χ3v) is 6.70. The molecule has 0 heterocycles. The van der Waals surface area contributed by atoms with Crippen LogP contribution >= 0.6 is 0 Å². The maximum absolute atomic E-state index is 12.1. The van der Waals surface area contributed by atoms with E-state index in [1.165, 1.54) is 27.8 Å². The van der Waals surface area contributed by atoms with Crippen molar-refractivity contribution in [1.29, 1.82) is 0 Å². The van der Waals surface area contributed by atoms with Crippen LogP contribution in [0.2, 0.25) is 0 Å². The molecule has 0 aliphatic heterocycles. The fraction of sp³-hybridized carbons (Fsp3) is 0.0625. The Morgan fingerprint density at radius 1 is 0.657 bits per heavy atom. The fourth-order valence-electron chi connectivity index (χ4n) is 5.17. The second-order valence-corrected chi connectivity index (χ2v) is 8.63. The minimum atomic E-state index is 0. The Kier molecular flexibility index (Phi) is 7.75. The zero-order valence-electron chi connectivity index (χ0n) is 19.2. The summed E-state index contributed by atoms with van der Waals surface area (Å²) in [5.41, 5.74) is 11.2. The summed E-state index contributed by atoms with van der Waals surface area (Å²) in [7, 11) is 0. The third-order valence-electron chi connectivity index (χ3n) is 6.70. The summed E-state index contributed by atoms with van der Waals surface area (Å²) >= 11 is 0. The van der Waals surface area contributed by atoms with Crippen molar-refractivity contribution in [1.82, 2.24) is 0 Å². The normalized spacial score (nSPS) is 12.6. The van der Waals surface area contributed by atoms with Crippen molar-refractivity contribution in [2.75, 3.05) is 0 Å². The van der Waals surface area contributed by atoms with Gasteiger partial charge in [-0.15, -0.1) is 0 Å². The first-order valence-electron chi connectivity index (χ1n) is 11.5. The van der Waals surface area contributed by atoms with E-state index >= 15 is 0 Å². The van der Waals surface area contributed by atoms with Crippen LogP contribution in [0.25, 0.3) is 28.0 Å². The van der Waals surface area contributed by atoms with Gasteiger partial charge in [-0.3, -0.25) is 0 Å². The van der Waals surface area contributed by atoms with Crippen LogP contribution in [-0.2, 0) is 32.6 Å². The molecule has 0 saturated heterocycles. The van der Waals surface area contributed by atoms with Gasteiger partial charge in [-0.25, -0.2) is 0 Å². The fourth-order valence-corrected chi connectivity index (χ4v) is 5.17. The van der Waals surface area contributed by atoms with Gasteiger partial charge in [0, 0.05) is 37.3 Å². The van der Waals surface area contributed by atoms with E-state index < -0.39 is 0 Å². The SMILES string of the molecule is OC(=C(c1ccccc1)c1ccccc1)c1c(C2=CC=CC2)ccc2c1Cc1ccccc1-2.[Cl-].[Zr]. The van der Waals surface area contributed by atoms with E-state index in [2.05, 4.69) is 78.9 Å². The molecule has 1 nitrogen and oxygen atoms in total. The summed E-state index contributed by atoms with van der Waals surface area (Å²) in [6.45, 7) is 0. The number of allylic oxidation sites excluding steroid dienone is 4. The molecule has 0 radical (unpaired) electrons. The molecule has 0 spiro atoms. The van der Waals surface area contributed by atoms with Crippen LogP contribution < -0.4 is 12.4 Å². The van der Waals surface area contributed by atoms with Gasteiger partial charge in [0.05, 0.1) is 0 Å². The van der Waals surface area contributed by atoms with Crippen LogP contribution in [0.1, 0.15) is 39.8 Å². The van der Waals surface area contributed by atoms with E-state index in [-0.39, 0.29) is 38.6 Å². The first kappa shape index (κ1) is 25.2. The smallest absolute Gasteiger partial charge is 0.132 e. The Bertz CT molecular complexity index is 1410. The largest absolute Gasteiger partial charge is 1.00 e. The minimum absolute atomic E-state index is 0. The zero-order chi connectivity index (χ0) is 22.2. The maximum Gasteiger partial charge on any atom is 0.132 e. The van der Waals surface area contributed by atoms with Crippen molar-refractivity contribution in [3.05, 3.63) is 149 Å². The van der Waals surface area contributed by atoms with Gasteiger partial charge in [-0.05, 0) is 57.4 Å². The summed E-state index contributed by atoms with van der Waals surface area (Å²) < 4.78 is 0. The van der Waals surface area contributed by atoms with Crippen LogP contribution in [0, 0.1) is 0 Å². The zero-order valence-corrected chi connectivity index (χ0v) is 22.4. The van der Waals surface area contributed by atoms with Crippen molar-refractivity contribution >= 4 is 16.9 Å². The average Bonchev–Trinajstić information content (AvgIpc) is 3.53. The van der Waals surface area contributed by atoms with Gasteiger partial charge in [-0.1, -0.05) is 115 Å². The standard InChI is InChI=1S/C32H24O.ClH.Zr/c33-32(30(23-13-3-1-4-14-23)24-15-5-2-6-16-24)31-27(22-11-7-8-12-22)19-20-28-26-18-10-9-17-25(26)21-29(28)31;;/h1-11,13-20,33H,12,21H2;1H;/p-1. The molecule has 170 valence electrons. The number of hydrogen-bond donors (Lipinski definition) is 1. The number of fused-ring (bicyclic) bond motifs is 3. The predicted molar refractivity (Wildman–Crippen MR) is 138 cm³/mol. The second kappa shape index (κ2) is 10.8. The predicted octanol–water partition coefficient (Wildman–Crippen LogP) is 5.08. The monoisotopic (exact) mass is 549 g/mol. The molecule has 0 aromatic heterocycles. The van der Waals surface area contributed by atoms with Crippen LogP contribution in [-0.4, -0.2) is 5.11 Å². The summed E-state index contributed by atoms with van der Waals surface area (Å²) in [6.07, 6.45) is 8.17. The molecule has 0 saturated carbocycles. The number of rotatable bonds is 4. The quantitative estimate of drug-likeness (QED) is 0.244. The van der Waals surface area contributed by atoms with Crippen molar-refractivity contribution in [2.24, 2.45) is 0 Å². The summed E-state index contributed by atoms with van der Waals surface area (Å²) in [5.74, 6) is 0.347. The minimum Gasteiger partial charge on any atom is -1.00 e. The first-order chi connectivity index (χ1) is 16.3. The summed E-state index contributed by atoms with van der Waals surface area (Å²) in [6, 6.07) is 33.5. The molecule has 2 aliphatic carbocycles. The number of hydrogen-bond acceptors (Lipinski definition) is 1. The Balaban J connectivity index is 0.00000144. The molecule has 0 amide bonds. The molecule has 0 atom stereocenters. The van der Waals surface area contributed by atoms with E-state index in [0.29, 0.717) is 5.76 Å². The first-order valence-corrected chi connectivity index (χ1v) is 11.5. The van der Waals surface area contributed by atoms with Gasteiger partial charge in [0.15, 0.2) is 0 Å². The second-order valence-electron chi connectivity index (χ2n) is 8.63. The van der Waals surface area contributed by atoms with Crippen LogP contribution in [0.5, 0.6) is 0 Å². The molecule has 1 N–H and O–H groups in total. The summed E-state index contributed by atoms with van der Waals surface area (Å²) in [5, 5.41) is 12.1. The topological polar surface area (TPSA) is 20.2 Å². The van der Waals surface area contributed by atoms with Gasteiger partial charge >= 0.3 is 0 Å². The van der Waals surface area contributed by atoms with Crippen LogP contribution in [0.15, 0.2) is 115 Å². The van der Waals surface area contributed by atoms with Gasteiger partial charge in [0.25, 0.3) is 0 Å². The number of aliphatic hydroxyl groups is 1. The molecule has 4 aromatic rings. The Morgan fingerprint density at radius 3 is 1.89 bits per heavy atom. The van der Waals surface area contributed by atoms with Gasteiger partial charge in [0.2, 0.25) is 0 Å². The van der Waals surface area contributed by atoms with Crippen molar-refractivity contribution in [3.63, 3.8) is 0 Å². The van der Waals surface area contributed by atoms with Gasteiger partial charge in [0.1, 0.15) is 5.76 Å². The molecular formula is C32H24ClOZr-. The molecule has 35 heavy (non-hydrogen) atoms. The van der Waals surface area contributed by atoms with E-state index in [9.17, 15) is 5.11 Å². The Morgan fingerprint density at radius 2 is 1.26 bits per heavy atom. The van der Waals surface area contributed by atoms with Gasteiger partial charge < -0.3 is 17.5 Å². The average molecular weight is 551 g/mol. The molecule has 6 rings (SSSR count). The van der Waals surface area contributed by atoms with Crippen LogP contribution in [0.3, 0.4) is 0 Å². The summed E-state index contributed by atoms with van der Waals surface area (Å²) in [4.78, 5) is 0. The van der Waals surface area contributed by atoms with Crippen LogP contribution in [0.4, 0.5) is 0 Å². The molecule has 4 aromatic carbocycles. The van der Waals surface area contributed by atoms with Crippen molar-refractivity contribution in [2.45, 2.75) is 12.8 Å². The Hall–Kier alpha value is -2.93. The van der Waals surface area contributed by atoms with Crippen molar-refractivity contribution in [3.8, 4) is 11.1 Å². The van der Waals surface area contributed by atoms with E-state index in [1.807, 2.05) is 36.4 Å². The van der Waals surface area contributed by atoms with E-state index in [4.69, 9.17) is 0 Å².